The minimum Gasteiger partial charge on any atom is -0.507 e. The van der Waals surface area contributed by atoms with Crippen molar-refractivity contribution in [2.24, 2.45) is 0 Å². The van der Waals surface area contributed by atoms with E-state index in [4.69, 9.17) is 13.9 Å². The van der Waals surface area contributed by atoms with Crippen molar-refractivity contribution in [1.82, 2.24) is 4.90 Å². The molecule has 0 aliphatic carbocycles. The Labute approximate surface area is 193 Å². The number of likely N-dealkylation sites (tertiary alicyclic amines) is 1. The Balaban J connectivity index is 1.95. The lowest BCUT2D eigenvalue weighted by Gasteiger charge is -2.26. The maximum Gasteiger partial charge on any atom is 0.296 e. The summed E-state index contributed by atoms with van der Waals surface area (Å²) in [5.74, 6) is -1.14. The highest BCUT2D eigenvalue weighted by Crippen LogP contribution is 2.44. The van der Waals surface area contributed by atoms with Crippen molar-refractivity contribution < 1.29 is 33.5 Å². The number of amides is 1. The lowest BCUT2D eigenvalue weighted by molar-refractivity contribution is -0.384. The number of hydrogen-bond donors (Lipinski definition) is 1. The number of nitro benzene ring substituents is 1. The van der Waals surface area contributed by atoms with Crippen LogP contribution in [0.25, 0.3) is 5.76 Å². The molecule has 34 heavy (non-hydrogen) atoms. The summed E-state index contributed by atoms with van der Waals surface area (Å²) in [4.78, 5) is 38.1. The van der Waals surface area contributed by atoms with Crippen LogP contribution in [0.15, 0.2) is 70.9 Å². The standard InChI is InChI=1S/C24H20N2O8/c1-32-16-8-9-19(33-2)18(12-16)21-20(22(27)14-5-3-6-15(11-14)26(30)31)23(28)24(29)25(21)13-17-7-4-10-34-17/h3-12,21,27H,13H2,1-2H3. The van der Waals surface area contributed by atoms with Crippen molar-refractivity contribution in [3.8, 4) is 11.5 Å². The highest BCUT2D eigenvalue weighted by atomic mass is 16.6. The van der Waals surface area contributed by atoms with Crippen LogP contribution in [0.4, 0.5) is 5.69 Å². The van der Waals surface area contributed by atoms with E-state index in [9.17, 15) is 24.8 Å². The van der Waals surface area contributed by atoms with Gasteiger partial charge in [0, 0.05) is 23.3 Å². The molecule has 1 aliphatic rings. The first-order valence-electron chi connectivity index (χ1n) is 10.1. The van der Waals surface area contributed by atoms with Crippen LogP contribution in [0.3, 0.4) is 0 Å². The molecule has 1 N–H and O–H groups in total. The summed E-state index contributed by atoms with van der Waals surface area (Å²) in [5.41, 5.74) is -0.0929. The fourth-order valence-electron chi connectivity index (χ4n) is 3.91. The zero-order chi connectivity index (χ0) is 24.4. The molecule has 10 heteroatoms. The maximum atomic E-state index is 13.2. The maximum absolute atomic E-state index is 13.2. The summed E-state index contributed by atoms with van der Waals surface area (Å²) in [5, 5.41) is 22.4. The van der Waals surface area contributed by atoms with Crippen molar-refractivity contribution in [3.05, 3.63) is 93.4 Å². The molecule has 1 saturated heterocycles. The molecule has 1 aliphatic heterocycles. The average Bonchev–Trinajstić information content (AvgIpc) is 3.45. The second-order valence-corrected chi connectivity index (χ2v) is 7.42. The number of aliphatic hydroxyl groups excluding tert-OH is 1. The van der Waals surface area contributed by atoms with E-state index in [1.165, 1.54) is 43.6 Å². The summed E-state index contributed by atoms with van der Waals surface area (Å²) in [6, 6.07) is 12.3. The molecule has 3 aromatic rings. The minimum absolute atomic E-state index is 0.0251. The molecular formula is C24H20N2O8. The van der Waals surface area contributed by atoms with E-state index in [0.29, 0.717) is 22.8 Å². The molecule has 174 valence electrons. The second kappa shape index (κ2) is 9.10. The Morgan fingerprint density at radius 1 is 1.12 bits per heavy atom. The van der Waals surface area contributed by atoms with Gasteiger partial charge < -0.3 is 23.9 Å². The molecule has 2 aromatic carbocycles. The number of ether oxygens (including phenoxy) is 2. The Morgan fingerprint density at radius 2 is 1.91 bits per heavy atom. The third kappa shape index (κ3) is 3.96. The first-order chi connectivity index (χ1) is 16.3. The highest BCUT2D eigenvalue weighted by Gasteiger charge is 2.47. The molecule has 1 unspecified atom stereocenters. The van der Waals surface area contributed by atoms with Crippen LogP contribution in [-0.4, -0.2) is 40.8 Å². The lowest BCUT2D eigenvalue weighted by atomic mass is 9.94. The number of aliphatic hydroxyl groups is 1. The Hall–Kier alpha value is -4.60. The number of Topliss-reactive ketones (excluding diaryl/α,β-unsaturated/α-hetero) is 1. The quantitative estimate of drug-likeness (QED) is 0.183. The molecule has 0 saturated carbocycles. The Morgan fingerprint density at radius 3 is 2.56 bits per heavy atom. The summed E-state index contributed by atoms with van der Waals surface area (Å²) in [6.45, 7) is -0.0612. The number of furan rings is 1. The van der Waals surface area contributed by atoms with Gasteiger partial charge in [-0.3, -0.25) is 19.7 Å². The fourth-order valence-corrected chi connectivity index (χ4v) is 3.91. The molecule has 1 aromatic heterocycles. The van der Waals surface area contributed by atoms with Crippen molar-refractivity contribution in [1.29, 1.82) is 0 Å². The number of carbonyl (C=O) groups is 2. The van der Waals surface area contributed by atoms with Gasteiger partial charge in [0.1, 0.15) is 23.0 Å². The third-order valence-electron chi connectivity index (χ3n) is 5.51. The number of nitro groups is 1. The van der Waals surface area contributed by atoms with Gasteiger partial charge in [0.05, 0.1) is 43.6 Å². The lowest BCUT2D eigenvalue weighted by Crippen LogP contribution is -2.29. The molecule has 1 fully saturated rings. The summed E-state index contributed by atoms with van der Waals surface area (Å²) < 4.78 is 16.2. The second-order valence-electron chi connectivity index (χ2n) is 7.42. The van der Waals surface area contributed by atoms with Gasteiger partial charge in [0.2, 0.25) is 0 Å². The van der Waals surface area contributed by atoms with Gasteiger partial charge in [-0.1, -0.05) is 12.1 Å². The molecule has 1 atom stereocenters. The largest absolute Gasteiger partial charge is 0.507 e. The first-order valence-corrected chi connectivity index (χ1v) is 10.1. The van der Waals surface area contributed by atoms with Crippen LogP contribution in [0, 0.1) is 10.1 Å². The van der Waals surface area contributed by atoms with E-state index in [1.54, 1.807) is 30.3 Å². The van der Waals surface area contributed by atoms with Crippen LogP contribution in [0.1, 0.15) is 22.9 Å². The van der Waals surface area contributed by atoms with Crippen LogP contribution < -0.4 is 9.47 Å². The van der Waals surface area contributed by atoms with Crippen molar-refractivity contribution in [2.45, 2.75) is 12.6 Å². The van der Waals surface area contributed by atoms with Gasteiger partial charge in [0.15, 0.2) is 0 Å². The van der Waals surface area contributed by atoms with Gasteiger partial charge in [-0.05, 0) is 30.3 Å². The number of methoxy groups -OCH3 is 2. The monoisotopic (exact) mass is 464 g/mol. The molecule has 0 bridgehead atoms. The predicted octanol–water partition coefficient (Wildman–Crippen LogP) is 3.83. The van der Waals surface area contributed by atoms with Gasteiger partial charge in [-0.2, -0.15) is 0 Å². The van der Waals surface area contributed by atoms with Crippen LogP contribution in [-0.2, 0) is 16.1 Å². The number of hydrogen-bond acceptors (Lipinski definition) is 8. The molecule has 4 rings (SSSR count). The van der Waals surface area contributed by atoms with E-state index >= 15 is 0 Å². The van der Waals surface area contributed by atoms with Gasteiger partial charge in [-0.25, -0.2) is 0 Å². The molecule has 2 heterocycles. The Kier molecular flexibility index (Phi) is 6.05. The minimum atomic E-state index is -1.07. The van der Waals surface area contributed by atoms with E-state index in [-0.39, 0.29) is 23.4 Å². The van der Waals surface area contributed by atoms with Gasteiger partial charge >= 0.3 is 0 Å². The summed E-state index contributed by atoms with van der Waals surface area (Å²) in [6.07, 6.45) is 1.44. The van der Waals surface area contributed by atoms with E-state index in [1.807, 2.05) is 0 Å². The summed E-state index contributed by atoms with van der Waals surface area (Å²) >= 11 is 0. The fraction of sp³-hybridized carbons (Fsp3) is 0.167. The number of rotatable bonds is 7. The van der Waals surface area contributed by atoms with Crippen molar-refractivity contribution in [2.75, 3.05) is 14.2 Å². The topological polar surface area (TPSA) is 132 Å². The van der Waals surface area contributed by atoms with Crippen LogP contribution in [0.5, 0.6) is 11.5 Å². The van der Waals surface area contributed by atoms with Crippen LogP contribution in [0.2, 0.25) is 0 Å². The zero-order valence-electron chi connectivity index (χ0n) is 18.3. The van der Waals surface area contributed by atoms with E-state index in [2.05, 4.69) is 0 Å². The number of nitrogens with zero attached hydrogens (tertiary/aromatic N) is 2. The zero-order valence-corrected chi connectivity index (χ0v) is 18.3. The average molecular weight is 464 g/mol. The van der Waals surface area contributed by atoms with Gasteiger partial charge in [0.25, 0.3) is 17.4 Å². The van der Waals surface area contributed by atoms with Crippen molar-refractivity contribution in [3.63, 3.8) is 0 Å². The number of carbonyl (C=O) groups excluding carboxylic acids is 2. The molecule has 10 nitrogen and oxygen atoms in total. The van der Waals surface area contributed by atoms with E-state index < -0.39 is 28.4 Å². The molecule has 0 radical (unpaired) electrons. The highest BCUT2D eigenvalue weighted by molar-refractivity contribution is 6.46. The third-order valence-corrected chi connectivity index (χ3v) is 5.51. The van der Waals surface area contributed by atoms with E-state index in [0.717, 1.165) is 6.07 Å². The smallest absolute Gasteiger partial charge is 0.296 e. The summed E-state index contributed by atoms with van der Waals surface area (Å²) in [7, 11) is 2.90. The molecular weight excluding hydrogens is 444 g/mol. The van der Waals surface area contributed by atoms with Crippen LogP contribution >= 0.6 is 0 Å². The normalized spacial score (nSPS) is 17.1. The molecule has 0 spiro atoms. The predicted molar refractivity (Wildman–Crippen MR) is 119 cm³/mol. The Bertz CT molecular complexity index is 1300. The van der Waals surface area contributed by atoms with Crippen molar-refractivity contribution >= 4 is 23.1 Å². The number of non-ortho nitro benzene ring substituents is 1. The van der Waals surface area contributed by atoms with Gasteiger partial charge in [-0.15, -0.1) is 0 Å². The number of benzene rings is 2. The number of ketones is 1. The first kappa shape index (κ1) is 22.6. The SMILES string of the molecule is COc1ccc(OC)c(C2C(=C(O)c3cccc([N+](=O)[O-])c3)C(=O)C(=O)N2Cc2ccco2)c1. The molecule has 1 amide bonds.